The molecular formula is C15H25ClN2O3S. The Kier molecular flexibility index (Phi) is 5.94. The van der Waals surface area contributed by atoms with Crippen molar-refractivity contribution >= 4 is 21.6 Å². The Bertz CT molecular complexity index is 585. The number of furan rings is 1. The second-order valence-corrected chi connectivity index (χ2v) is 8.96. The normalized spacial score (nSPS) is 24.0. The summed E-state index contributed by atoms with van der Waals surface area (Å²) in [6.45, 7) is 7.36. The first-order valence-corrected chi connectivity index (χ1v) is 9.69. The molecule has 0 radical (unpaired) electrons. The summed E-state index contributed by atoms with van der Waals surface area (Å²) in [6.07, 6.45) is 1.76. The van der Waals surface area contributed by atoms with Gasteiger partial charge in [-0.1, -0.05) is 13.3 Å². The second kappa shape index (κ2) is 7.34. The van der Waals surface area contributed by atoms with Gasteiger partial charge in [0.15, 0.2) is 5.22 Å². The zero-order valence-corrected chi connectivity index (χ0v) is 15.0. The van der Waals surface area contributed by atoms with Gasteiger partial charge in [0.2, 0.25) is 10.0 Å². The molecule has 1 aliphatic rings. The fraction of sp³-hybridized carbons (Fsp3) is 0.733. The van der Waals surface area contributed by atoms with Crippen LogP contribution >= 0.6 is 11.6 Å². The molecule has 0 unspecified atom stereocenters. The minimum atomic E-state index is -3.16. The zero-order valence-electron chi connectivity index (χ0n) is 13.4. The Morgan fingerprint density at radius 3 is 2.73 bits per heavy atom. The topological polar surface area (TPSA) is 62.6 Å². The van der Waals surface area contributed by atoms with Crippen molar-refractivity contribution < 1.29 is 12.8 Å². The van der Waals surface area contributed by atoms with Crippen LogP contribution in [0.25, 0.3) is 0 Å². The van der Waals surface area contributed by atoms with Crippen molar-refractivity contribution in [3.05, 3.63) is 23.1 Å². The van der Waals surface area contributed by atoms with Gasteiger partial charge in [0.25, 0.3) is 0 Å². The lowest BCUT2D eigenvalue weighted by atomic mass is 9.91. The third-order valence-corrected chi connectivity index (χ3v) is 6.79. The quantitative estimate of drug-likeness (QED) is 0.858. The van der Waals surface area contributed by atoms with Crippen LogP contribution < -0.4 is 5.32 Å². The monoisotopic (exact) mass is 348 g/mol. The van der Waals surface area contributed by atoms with Crippen molar-refractivity contribution in [2.45, 2.75) is 51.4 Å². The van der Waals surface area contributed by atoms with Crippen molar-refractivity contribution in [3.8, 4) is 0 Å². The first-order chi connectivity index (χ1) is 10.3. The Balaban J connectivity index is 1.95. The van der Waals surface area contributed by atoms with Gasteiger partial charge in [0.05, 0.1) is 11.8 Å². The Hall–Kier alpha value is -0.560. The number of sulfonamides is 1. The van der Waals surface area contributed by atoms with E-state index in [4.69, 9.17) is 16.0 Å². The molecule has 0 spiro atoms. The molecule has 0 aromatic carbocycles. The van der Waals surface area contributed by atoms with Gasteiger partial charge in [-0.2, -0.15) is 0 Å². The fourth-order valence-electron chi connectivity index (χ4n) is 2.89. The van der Waals surface area contributed by atoms with Crippen molar-refractivity contribution in [2.75, 3.05) is 13.1 Å². The molecule has 1 aliphatic heterocycles. The molecule has 1 aromatic heterocycles. The Morgan fingerprint density at radius 2 is 2.18 bits per heavy atom. The standard InChI is InChI=1S/C15H25ClN2O3S/c1-4-12-10-18(22(19,20)11(2)3)8-7-14(12)17-9-13-5-6-15(16)21-13/h5-6,11-12,14,17H,4,7-10H2,1-3H3/t12-,14-/m0/s1. The van der Waals surface area contributed by atoms with E-state index >= 15 is 0 Å². The number of nitrogens with zero attached hydrogens (tertiary/aromatic N) is 1. The number of nitrogens with one attached hydrogen (secondary N) is 1. The van der Waals surface area contributed by atoms with Gasteiger partial charge in [-0.15, -0.1) is 0 Å². The van der Waals surface area contributed by atoms with Crippen LogP contribution in [0.5, 0.6) is 0 Å². The highest BCUT2D eigenvalue weighted by Crippen LogP contribution is 2.24. The molecule has 1 saturated heterocycles. The van der Waals surface area contributed by atoms with Gasteiger partial charge < -0.3 is 9.73 Å². The molecule has 22 heavy (non-hydrogen) atoms. The van der Waals surface area contributed by atoms with Crippen LogP contribution in [0.2, 0.25) is 5.22 Å². The second-order valence-electron chi connectivity index (χ2n) is 6.10. The maximum absolute atomic E-state index is 12.3. The Labute approximate surface area is 138 Å². The largest absolute Gasteiger partial charge is 0.448 e. The van der Waals surface area contributed by atoms with Crippen molar-refractivity contribution in [2.24, 2.45) is 5.92 Å². The van der Waals surface area contributed by atoms with Gasteiger partial charge in [-0.3, -0.25) is 0 Å². The molecule has 0 aliphatic carbocycles. The summed E-state index contributed by atoms with van der Waals surface area (Å²) in [4.78, 5) is 0. The van der Waals surface area contributed by atoms with E-state index in [2.05, 4.69) is 12.2 Å². The summed E-state index contributed by atoms with van der Waals surface area (Å²) in [7, 11) is -3.16. The van der Waals surface area contributed by atoms with Gasteiger partial charge in [-0.25, -0.2) is 12.7 Å². The molecule has 2 atom stereocenters. The number of rotatable bonds is 6. The average Bonchev–Trinajstić information content (AvgIpc) is 2.90. The summed E-state index contributed by atoms with van der Waals surface area (Å²) in [5, 5.41) is 3.51. The molecule has 1 aromatic rings. The van der Waals surface area contributed by atoms with Gasteiger partial charge in [0, 0.05) is 19.1 Å². The summed E-state index contributed by atoms with van der Waals surface area (Å²) < 4.78 is 31.6. The number of hydrogen-bond donors (Lipinski definition) is 1. The lowest BCUT2D eigenvalue weighted by molar-refractivity contribution is 0.197. The van der Waals surface area contributed by atoms with Crippen LogP contribution in [0.15, 0.2) is 16.5 Å². The smallest absolute Gasteiger partial charge is 0.216 e. The first kappa shape index (κ1) is 17.8. The first-order valence-electron chi connectivity index (χ1n) is 7.81. The minimum Gasteiger partial charge on any atom is -0.448 e. The van der Waals surface area contributed by atoms with Crippen LogP contribution in [-0.4, -0.2) is 37.1 Å². The summed E-state index contributed by atoms with van der Waals surface area (Å²) >= 11 is 5.77. The number of hydrogen-bond acceptors (Lipinski definition) is 4. The SMILES string of the molecule is CC[C@H]1CN(S(=O)(=O)C(C)C)CC[C@@H]1NCc1ccc(Cl)o1. The van der Waals surface area contributed by atoms with E-state index in [1.165, 1.54) is 0 Å². The average molecular weight is 349 g/mol. The summed E-state index contributed by atoms with van der Waals surface area (Å²) in [5.74, 6) is 1.12. The third-order valence-electron chi connectivity index (χ3n) is 4.34. The van der Waals surface area contributed by atoms with Crippen LogP contribution in [-0.2, 0) is 16.6 Å². The predicted octanol–water partition coefficient (Wildman–Crippen LogP) is 2.86. The van der Waals surface area contributed by atoms with Crippen molar-refractivity contribution in [3.63, 3.8) is 0 Å². The molecule has 1 fully saturated rings. The van der Waals surface area contributed by atoms with Crippen LogP contribution in [0.3, 0.4) is 0 Å². The highest BCUT2D eigenvalue weighted by molar-refractivity contribution is 7.89. The van der Waals surface area contributed by atoms with Gasteiger partial charge >= 0.3 is 0 Å². The maximum Gasteiger partial charge on any atom is 0.216 e. The van der Waals surface area contributed by atoms with Crippen LogP contribution in [0, 0.1) is 5.92 Å². The lowest BCUT2D eigenvalue weighted by Crippen LogP contribution is -2.51. The number of halogens is 1. The summed E-state index contributed by atoms with van der Waals surface area (Å²) in [6, 6.07) is 3.88. The zero-order chi connectivity index (χ0) is 16.3. The Morgan fingerprint density at radius 1 is 1.45 bits per heavy atom. The van der Waals surface area contributed by atoms with Crippen molar-refractivity contribution in [1.82, 2.24) is 9.62 Å². The number of piperidine rings is 1. The molecule has 0 amide bonds. The van der Waals surface area contributed by atoms with Crippen molar-refractivity contribution in [1.29, 1.82) is 0 Å². The highest BCUT2D eigenvalue weighted by atomic mass is 35.5. The van der Waals surface area contributed by atoms with E-state index in [9.17, 15) is 8.42 Å². The maximum atomic E-state index is 12.3. The van der Waals surface area contributed by atoms with Crippen LogP contribution in [0.1, 0.15) is 39.4 Å². The molecule has 126 valence electrons. The molecule has 0 saturated carbocycles. The molecule has 7 heteroatoms. The van der Waals surface area contributed by atoms with E-state index in [1.54, 1.807) is 24.2 Å². The third kappa shape index (κ3) is 4.04. The molecule has 5 nitrogen and oxygen atoms in total. The lowest BCUT2D eigenvalue weighted by Gasteiger charge is -2.38. The van der Waals surface area contributed by atoms with E-state index in [0.717, 1.165) is 18.6 Å². The molecule has 0 bridgehead atoms. The molecule has 2 rings (SSSR count). The highest BCUT2D eigenvalue weighted by Gasteiger charge is 2.35. The van der Waals surface area contributed by atoms with E-state index in [0.29, 0.717) is 36.8 Å². The summed E-state index contributed by atoms with van der Waals surface area (Å²) in [5.41, 5.74) is 0. The predicted molar refractivity (Wildman–Crippen MR) is 88.4 cm³/mol. The van der Waals surface area contributed by atoms with E-state index < -0.39 is 10.0 Å². The molecular weight excluding hydrogens is 324 g/mol. The van der Waals surface area contributed by atoms with E-state index in [1.807, 2.05) is 6.07 Å². The molecule has 2 heterocycles. The van der Waals surface area contributed by atoms with Gasteiger partial charge in [0.1, 0.15) is 5.76 Å². The fourth-order valence-corrected chi connectivity index (χ4v) is 4.41. The van der Waals surface area contributed by atoms with Crippen LogP contribution in [0.4, 0.5) is 0 Å². The molecule has 1 N–H and O–H groups in total. The van der Waals surface area contributed by atoms with E-state index in [-0.39, 0.29) is 5.25 Å². The van der Waals surface area contributed by atoms with Gasteiger partial charge in [-0.05, 0) is 49.9 Å². The minimum absolute atomic E-state index is 0.299.